The molecule has 140 valence electrons. The molecule has 0 radical (unpaired) electrons. The van der Waals surface area contributed by atoms with Crippen LogP contribution in [0.15, 0.2) is 58.2 Å². The van der Waals surface area contributed by atoms with Gasteiger partial charge in [-0.25, -0.2) is 4.98 Å². The van der Waals surface area contributed by atoms with Crippen LogP contribution in [0.1, 0.15) is 16.8 Å². The highest BCUT2D eigenvalue weighted by Crippen LogP contribution is 2.25. The standard InChI is InChI=1S/C21H18BrN5O/c22-15-3-4-18-17(8-15)14(10-24-18)11-27-7-5-16-19(12-27)25-20(26-21(16)28)13-2-1-6-23-9-13/h1-4,6,8-10,24H,5,7,11-12H2,(H,25,26,28). The van der Waals surface area contributed by atoms with E-state index in [0.717, 1.165) is 39.9 Å². The van der Waals surface area contributed by atoms with E-state index in [0.29, 0.717) is 18.8 Å². The summed E-state index contributed by atoms with van der Waals surface area (Å²) in [7, 11) is 0. The van der Waals surface area contributed by atoms with E-state index in [2.05, 4.69) is 54.1 Å². The van der Waals surface area contributed by atoms with Gasteiger partial charge in [0, 0.05) is 64.7 Å². The summed E-state index contributed by atoms with van der Waals surface area (Å²) < 4.78 is 1.07. The van der Waals surface area contributed by atoms with Crippen molar-refractivity contribution in [3.8, 4) is 11.4 Å². The predicted octanol–water partition coefficient (Wildman–Crippen LogP) is 3.63. The van der Waals surface area contributed by atoms with Crippen molar-refractivity contribution in [2.45, 2.75) is 19.5 Å². The van der Waals surface area contributed by atoms with Gasteiger partial charge in [0.2, 0.25) is 0 Å². The predicted molar refractivity (Wildman–Crippen MR) is 112 cm³/mol. The van der Waals surface area contributed by atoms with Crippen LogP contribution in [0, 0.1) is 0 Å². The molecule has 28 heavy (non-hydrogen) atoms. The van der Waals surface area contributed by atoms with Crippen LogP contribution in [0.3, 0.4) is 0 Å². The zero-order valence-electron chi connectivity index (χ0n) is 15.1. The molecule has 2 N–H and O–H groups in total. The van der Waals surface area contributed by atoms with Crippen LogP contribution in [0.25, 0.3) is 22.3 Å². The number of fused-ring (bicyclic) bond motifs is 2. The summed E-state index contributed by atoms with van der Waals surface area (Å²) in [4.78, 5) is 30.0. The summed E-state index contributed by atoms with van der Waals surface area (Å²) >= 11 is 3.56. The lowest BCUT2D eigenvalue weighted by Gasteiger charge is -2.27. The van der Waals surface area contributed by atoms with Crippen LogP contribution in [-0.4, -0.2) is 31.4 Å². The van der Waals surface area contributed by atoms with Crippen LogP contribution in [0.4, 0.5) is 0 Å². The number of nitrogens with one attached hydrogen (secondary N) is 2. The van der Waals surface area contributed by atoms with Crippen molar-refractivity contribution in [2.75, 3.05) is 6.54 Å². The Bertz CT molecular complexity index is 1210. The van der Waals surface area contributed by atoms with Gasteiger partial charge < -0.3 is 9.97 Å². The van der Waals surface area contributed by atoms with Crippen molar-refractivity contribution in [3.63, 3.8) is 0 Å². The van der Waals surface area contributed by atoms with E-state index in [1.807, 2.05) is 18.2 Å². The second kappa shape index (κ2) is 7.00. The van der Waals surface area contributed by atoms with Crippen LogP contribution < -0.4 is 5.56 Å². The zero-order chi connectivity index (χ0) is 19.1. The topological polar surface area (TPSA) is 77.7 Å². The highest BCUT2D eigenvalue weighted by Gasteiger charge is 2.22. The Labute approximate surface area is 169 Å². The minimum Gasteiger partial charge on any atom is -0.361 e. The fraction of sp³-hybridized carbons (Fsp3) is 0.190. The monoisotopic (exact) mass is 435 g/mol. The van der Waals surface area contributed by atoms with E-state index in [9.17, 15) is 4.79 Å². The molecule has 1 aliphatic rings. The van der Waals surface area contributed by atoms with E-state index < -0.39 is 0 Å². The Morgan fingerprint density at radius 3 is 3.04 bits per heavy atom. The highest BCUT2D eigenvalue weighted by molar-refractivity contribution is 9.10. The van der Waals surface area contributed by atoms with E-state index in [1.165, 1.54) is 10.9 Å². The SMILES string of the molecule is O=c1[nH]c(-c2cccnc2)nc2c1CCN(Cc1c[nH]c3ccc(Br)cc13)C2. The quantitative estimate of drug-likeness (QED) is 0.514. The first-order chi connectivity index (χ1) is 13.7. The Kier molecular flexibility index (Phi) is 4.33. The molecule has 1 aromatic carbocycles. The van der Waals surface area contributed by atoms with Crippen molar-refractivity contribution >= 4 is 26.8 Å². The number of hydrogen-bond acceptors (Lipinski definition) is 4. The van der Waals surface area contributed by atoms with Crippen molar-refractivity contribution in [1.82, 2.24) is 24.8 Å². The molecule has 0 saturated carbocycles. The molecular formula is C21H18BrN5O. The summed E-state index contributed by atoms with van der Waals surface area (Å²) in [6.45, 7) is 2.31. The summed E-state index contributed by atoms with van der Waals surface area (Å²) in [6, 6.07) is 10.0. The maximum Gasteiger partial charge on any atom is 0.254 e. The molecular weight excluding hydrogens is 418 g/mol. The van der Waals surface area contributed by atoms with Gasteiger partial charge in [0.15, 0.2) is 0 Å². The van der Waals surface area contributed by atoms with Gasteiger partial charge in [-0.3, -0.25) is 14.7 Å². The lowest BCUT2D eigenvalue weighted by Crippen LogP contribution is -2.35. The number of benzene rings is 1. The Hall–Kier alpha value is -2.77. The van der Waals surface area contributed by atoms with Gasteiger partial charge in [-0.05, 0) is 42.3 Å². The number of hydrogen-bond donors (Lipinski definition) is 2. The van der Waals surface area contributed by atoms with Crippen molar-refractivity contribution < 1.29 is 0 Å². The molecule has 5 rings (SSSR count). The van der Waals surface area contributed by atoms with Crippen LogP contribution >= 0.6 is 15.9 Å². The zero-order valence-corrected chi connectivity index (χ0v) is 16.7. The smallest absolute Gasteiger partial charge is 0.254 e. The fourth-order valence-corrected chi connectivity index (χ4v) is 4.15. The van der Waals surface area contributed by atoms with E-state index in [1.54, 1.807) is 12.4 Å². The van der Waals surface area contributed by atoms with Gasteiger partial charge in [0.1, 0.15) is 5.82 Å². The molecule has 4 aromatic rings. The average molecular weight is 436 g/mol. The van der Waals surface area contributed by atoms with Crippen molar-refractivity contribution in [2.24, 2.45) is 0 Å². The van der Waals surface area contributed by atoms with Gasteiger partial charge in [0.25, 0.3) is 5.56 Å². The molecule has 0 fully saturated rings. The summed E-state index contributed by atoms with van der Waals surface area (Å²) in [5, 5.41) is 1.22. The van der Waals surface area contributed by atoms with Gasteiger partial charge in [0.05, 0.1) is 5.69 Å². The van der Waals surface area contributed by atoms with E-state index in [4.69, 9.17) is 4.98 Å². The van der Waals surface area contributed by atoms with Crippen molar-refractivity contribution in [1.29, 1.82) is 0 Å². The summed E-state index contributed by atoms with van der Waals surface area (Å²) in [5.41, 5.74) is 4.81. The van der Waals surface area contributed by atoms with E-state index >= 15 is 0 Å². The first-order valence-corrected chi connectivity index (χ1v) is 9.97. The molecule has 0 saturated heterocycles. The van der Waals surface area contributed by atoms with Crippen LogP contribution in [0.5, 0.6) is 0 Å². The molecule has 6 nitrogen and oxygen atoms in total. The molecule has 1 aliphatic heterocycles. The molecule has 0 spiro atoms. The second-order valence-electron chi connectivity index (χ2n) is 7.05. The number of pyridine rings is 1. The summed E-state index contributed by atoms with van der Waals surface area (Å²) in [5.74, 6) is 0.578. The fourth-order valence-electron chi connectivity index (χ4n) is 3.79. The van der Waals surface area contributed by atoms with Gasteiger partial charge >= 0.3 is 0 Å². The molecule has 0 atom stereocenters. The average Bonchev–Trinajstić information content (AvgIpc) is 3.10. The molecule has 0 amide bonds. The third-order valence-electron chi connectivity index (χ3n) is 5.21. The minimum absolute atomic E-state index is 0.0421. The van der Waals surface area contributed by atoms with Gasteiger partial charge in [-0.15, -0.1) is 0 Å². The number of halogens is 1. The lowest BCUT2D eigenvalue weighted by atomic mass is 10.0. The first-order valence-electron chi connectivity index (χ1n) is 9.18. The normalized spacial score (nSPS) is 14.3. The molecule has 0 bridgehead atoms. The number of rotatable bonds is 3. The first kappa shape index (κ1) is 17.3. The third kappa shape index (κ3) is 3.16. The Morgan fingerprint density at radius 1 is 1.25 bits per heavy atom. The molecule has 7 heteroatoms. The molecule has 0 aliphatic carbocycles. The summed E-state index contributed by atoms with van der Waals surface area (Å²) in [6.07, 6.45) is 6.20. The van der Waals surface area contributed by atoms with Gasteiger partial charge in [-0.1, -0.05) is 15.9 Å². The Morgan fingerprint density at radius 2 is 2.18 bits per heavy atom. The van der Waals surface area contributed by atoms with Crippen molar-refractivity contribution in [3.05, 3.63) is 80.6 Å². The lowest BCUT2D eigenvalue weighted by molar-refractivity contribution is 0.241. The third-order valence-corrected chi connectivity index (χ3v) is 5.70. The minimum atomic E-state index is -0.0421. The molecule has 4 heterocycles. The van der Waals surface area contributed by atoms with Gasteiger partial charge in [-0.2, -0.15) is 0 Å². The largest absolute Gasteiger partial charge is 0.361 e. The number of aromatic nitrogens is 4. The maximum absolute atomic E-state index is 12.5. The molecule has 3 aromatic heterocycles. The van der Waals surface area contributed by atoms with Crippen LogP contribution in [0.2, 0.25) is 0 Å². The molecule has 0 unspecified atom stereocenters. The van der Waals surface area contributed by atoms with Crippen LogP contribution in [-0.2, 0) is 19.5 Å². The maximum atomic E-state index is 12.5. The second-order valence-corrected chi connectivity index (χ2v) is 7.96. The Balaban J connectivity index is 1.45. The number of nitrogens with zero attached hydrogens (tertiary/aromatic N) is 3. The number of aromatic amines is 2. The highest BCUT2D eigenvalue weighted by atomic mass is 79.9. The number of H-pyrrole nitrogens is 2. The van der Waals surface area contributed by atoms with E-state index in [-0.39, 0.29) is 5.56 Å².